The number of carbonyl (C=O) groups excluding carboxylic acids is 1. The molecule has 3 aliphatic rings. The molecular formula is C20H24ClF3N2O3. The number of halogens is 4. The standard InChI is InChI=1S/C20H24ClF3N2O3/c1-19(2)15-13(5-8-28-15)16(19)29-18(27)11-3-6-26(7-4-11)17-14(21)9-12(10-25-17)20(22,23)24/h9-11,13,15-16H,3-8H2,1-2H3/t13-,15-,16-/m1/s1. The van der Waals surface area contributed by atoms with Gasteiger partial charge in [-0.3, -0.25) is 4.79 Å². The highest BCUT2D eigenvalue weighted by Crippen LogP contribution is 2.54. The van der Waals surface area contributed by atoms with Crippen molar-refractivity contribution in [1.82, 2.24) is 4.98 Å². The molecule has 9 heteroatoms. The minimum Gasteiger partial charge on any atom is -0.461 e. The average Bonchev–Trinajstić information content (AvgIpc) is 3.12. The predicted octanol–water partition coefficient (Wildman–Crippen LogP) is 4.33. The van der Waals surface area contributed by atoms with E-state index in [-0.39, 0.29) is 40.5 Å². The predicted molar refractivity (Wildman–Crippen MR) is 101 cm³/mol. The van der Waals surface area contributed by atoms with Gasteiger partial charge in [0, 0.05) is 37.2 Å². The number of alkyl halides is 3. The van der Waals surface area contributed by atoms with Crippen molar-refractivity contribution in [2.75, 3.05) is 24.6 Å². The van der Waals surface area contributed by atoms with Gasteiger partial charge in [-0.2, -0.15) is 13.2 Å². The molecule has 2 aliphatic heterocycles. The molecule has 0 N–H and O–H groups in total. The summed E-state index contributed by atoms with van der Waals surface area (Å²) in [5, 5.41) is -0.0376. The summed E-state index contributed by atoms with van der Waals surface area (Å²) in [7, 11) is 0. The summed E-state index contributed by atoms with van der Waals surface area (Å²) in [4.78, 5) is 18.4. The molecule has 1 aromatic heterocycles. The van der Waals surface area contributed by atoms with E-state index in [4.69, 9.17) is 21.1 Å². The Morgan fingerprint density at radius 3 is 2.62 bits per heavy atom. The number of hydrogen-bond acceptors (Lipinski definition) is 5. The van der Waals surface area contributed by atoms with E-state index in [2.05, 4.69) is 18.8 Å². The van der Waals surface area contributed by atoms with Gasteiger partial charge < -0.3 is 14.4 Å². The third-order valence-electron chi connectivity index (χ3n) is 6.51. The number of ether oxygens (including phenoxy) is 2. The molecule has 3 fully saturated rings. The Hall–Kier alpha value is -1.54. The van der Waals surface area contributed by atoms with Crippen LogP contribution in [0.5, 0.6) is 0 Å². The molecule has 160 valence electrons. The second-order valence-electron chi connectivity index (χ2n) is 8.71. The number of nitrogens with zero attached hydrogens (tertiary/aromatic N) is 2. The minimum atomic E-state index is -4.48. The zero-order valence-corrected chi connectivity index (χ0v) is 17.1. The second-order valence-corrected chi connectivity index (χ2v) is 9.12. The fourth-order valence-electron chi connectivity index (χ4n) is 4.88. The Labute approximate surface area is 172 Å². The van der Waals surface area contributed by atoms with Crippen molar-refractivity contribution in [2.45, 2.75) is 51.5 Å². The largest absolute Gasteiger partial charge is 0.461 e. The number of aromatic nitrogens is 1. The Kier molecular flexibility index (Phi) is 5.22. The van der Waals surface area contributed by atoms with Crippen LogP contribution < -0.4 is 4.90 Å². The van der Waals surface area contributed by atoms with E-state index in [0.717, 1.165) is 18.7 Å². The smallest absolute Gasteiger partial charge is 0.417 e. The molecule has 1 aromatic rings. The van der Waals surface area contributed by atoms with Crippen LogP contribution in [-0.2, 0) is 20.4 Å². The molecule has 29 heavy (non-hydrogen) atoms. The van der Waals surface area contributed by atoms with Crippen molar-refractivity contribution in [3.05, 3.63) is 22.8 Å². The summed E-state index contributed by atoms with van der Waals surface area (Å²) in [6.07, 6.45) is -1.62. The van der Waals surface area contributed by atoms with Crippen LogP contribution in [0.1, 0.15) is 38.7 Å². The second kappa shape index (κ2) is 7.30. The highest BCUT2D eigenvalue weighted by molar-refractivity contribution is 6.33. The van der Waals surface area contributed by atoms with Gasteiger partial charge in [-0.05, 0) is 25.3 Å². The normalized spacial score (nSPS) is 29.3. The van der Waals surface area contributed by atoms with Gasteiger partial charge in [0.1, 0.15) is 11.9 Å². The zero-order chi connectivity index (χ0) is 21.0. The lowest BCUT2D eigenvalue weighted by Gasteiger charge is -2.53. The third-order valence-corrected chi connectivity index (χ3v) is 6.79. The number of esters is 1. The Balaban J connectivity index is 1.34. The molecular weight excluding hydrogens is 409 g/mol. The van der Waals surface area contributed by atoms with E-state index >= 15 is 0 Å². The summed E-state index contributed by atoms with van der Waals surface area (Å²) in [6, 6.07) is 0.892. The maximum absolute atomic E-state index is 12.8. The Bertz CT molecular complexity index is 794. The average molecular weight is 433 g/mol. The van der Waals surface area contributed by atoms with Gasteiger partial charge in [0.25, 0.3) is 0 Å². The number of pyridine rings is 1. The molecule has 1 aliphatic carbocycles. The lowest BCUT2D eigenvalue weighted by Crippen LogP contribution is -2.61. The van der Waals surface area contributed by atoms with Crippen molar-refractivity contribution in [1.29, 1.82) is 0 Å². The van der Waals surface area contributed by atoms with Crippen molar-refractivity contribution in [3.63, 3.8) is 0 Å². The van der Waals surface area contributed by atoms with Crippen LogP contribution in [0, 0.1) is 17.3 Å². The van der Waals surface area contributed by atoms with Gasteiger partial charge in [-0.15, -0.1) is 0 Å². The van der Waals surface area contributed by atoms with Crippen LogP contribution in [-0.4, -0.2) is 42.9 Å². The molecule has 3 atom stereocenters. The fraction of sp³-hybridized carbons (Fsp3) is 0.700. The highest BCUT2D eigenvalue weighted by Gasteiger charge is 2.61. The summed E-state index contributed by atoms with van der Waals surface area (Å²) in [6.45, 7) is 5.82. The number of carbonyl (C=O) groups is 1. The Morgan fingerprint density at radius 2 is 2.00 bits per heavy atom. The Morgan fingerprint density at radius 1 is 1.31 bits per heavy atom. The van der Waals surface area contributed by atoms with Crippen molar-refractivity contribution in [2.24, 2.45) is 17.3 Å². The number of rotatable bonds is 3. The molecule has 0 bridgehead atoms. The van der Waals surface area contributed by atoms with Crippen LogP contribution in [0.2, 0.25) is 5.02 Å². The number of hydrogen-bond donors (Lipinski definition) is 0. The van der Waals surface area contributed by atoms with Crippen LogP contribution in [0.3, 0.4) is 0 Å². The SMILES string of the molecule is CC1(C)[C@@H]2OCC[C@H]2[C@H]1OC(=O)C1CCN(c2ncc(C(F)(F)F)cc2Cl)CC1. The number of piperidine rings is 1. The van der Waals surface area contributed by atoms with Gasteiger partial charge in [-0.1, -0.05) is 25.4 Å². The summed E-state index contributed by atoms with van der Waals surface area (Å²) in [5.74, 6) is 0.179. The summed E-state index contributed by atoms with van der Waals surface area (Å²) < 4.78 is 50.0. The van der Waals surface area contributed by atoms with E-state index in [1.807, 2.05) is 4.90 Å². The number of fused-ring (bicyclic) bond motifs is 1. The molecule has 5 nitrogen and oxygen atoms in total. The first-order valence-electron chi connectivity index (χ1n) is 9.89. The lowest BCUT2D eigenvalue weighted by molar-refractivity contribution is -0.213. The van der Waals surface area contributed by atoms with Gasteiger partial charge in [0.2, 0.25) is 0 Å². The monoisotopic (exact) mass is 432 g/mol. The van der Waals surface area contributed by atoms with Gasteiger partial charge >= 0.3 is 12.1 Å². The molecule has 2 saturated heterocycles. The number of anilines is 1. The first-order valence-corrected chi connectivity index (χ1v) is 10.3. The fourth-order valence-corrected chi connectivity index (χ4v) is 5.17. The van der Waals surface area contributed by atoms with Crippen molar-refractivity contribution < 1.29 is 27.4 Å². The van der Waals surface area contributed by atoms with Crippen molar-refractivity contribution in [3.8, 4) is 0 Å². The van der Waals surface area contributed by atoms with Crippen LogP contribution in [0.15, 0.2) is 12.3 Å². The first-order chi connectivity index (χ1) is 13.6. The third kappa shape index (κ3) is 3.69. The van der Waals surface area contributed by atoms with Gasteiger partial charge in [-0.25, -0.2) is 4.98 Å². The minimum absolute atomic E-state index is 0.0376. The molecule has 1 saturated carbocycles. The van der Waals surface area contributed by atoms with Crippen LogP contribution in [0.4, 0.5) is 19.0 Å². The van der Waals surface area contributed by atoms with E-state index < -0.39 is 11.7 Å². The van der Waals surface area contributed by atoms with E-state index in [9.17, 15) is 18.0 Å². The zero-order valence-electron chi connectivity index (χ0n) is 16.3. The van der Waals surface area contributed by atoms with Crippen molar-refractivity contribution >= 4 is 23.4 Å². The lowest BCUT2D eigenvalue weighted by atomic mass is 9.59. The van der Waals surface area contributed by atoms with Gasteiger partial charge in [0.05, 0.1) is 22.6 Å². The quantitative estimate of drug-likeness (QED) is 0.665. The molecule has 0 aromatic carbocycles. The topological polar surface area (TPSA) is 51.7 Å². The summed E-state index contributed by atoms with van der Waals surface area (Å²) >= 11 is 6.04. The first kappa shape index (κ1) is 20.7. The van der Waals surface area contributed by atoms with E-state index in [0.29, 0.717) is 38.4 Å². The highest BCUT2D eigenvalue weighted by atomic mass is 35.5. The maximum Gasteiger partial charge on any atom is 0.417 e. The van der Waals surface area contributed by atoms with Crippen LogP contribution in [0.25, 0.3) is 0 Å². The molecule has 0 amide bonds. The van der Waals surface area contributed by atoms with Crippen LogP contribution >= 0.6 is 11.6 Å². The molecule has 0 unspecified atom stereocenters. The van der Waals surface area contributed by atoms with E-state index in [1.54, 1.807) is 0 Å². The molecule has 0 radical (unpaired) electrons. The van der Waals surface area contributed by atoms with E-state index in [1.165, 1.54) is 0 Å². The summed E-state index contributed by atoms with van der Waals surface area (Å²) in [5.41, 5.74) is -1.04. The molecule has 0 spiro atoms. The molecule has 4 rings (SSSR count). The molecule has 3 heterocycles. The maximum atomic E-state index is 12.8. The van der Waals surface area contributed by atoms with Gasteiger partial charge in [0.15, 0.2) is 0 Å².